The minimum atomic E-state index is 0.872. The normalized spacial score (nSPS) is 16.6. The first kappa shape index (κ1) is 15.3. The van der Waals surface area contributed by atoms with Gasteiger partial charge in [-0.05, 0) is 38.1 Å². The summed E-state index contributed by atoms with van der Waals surface area (Å²) in [5, 5.41) is 3.42. The molecule has 0 radical (unpaired) electrons. The predicted octanol–water partition coefficient (Wildman–Crippen LogP) is 2.11. The Kier molecular flexibility index (Phi) is 6.27. The number of anilines is 1. The van der Waals surface area contributed by atoms with Crippen LogP contribution in [-0.2, 0) is 6.54 Å². The molecule has 4 heteroatoms. The summed E-state index contributed by atoms with van der Waals surface area (Å²) in [6.45, 7) is 12.1. The Balaban J connectivity index is 1.87. The van der Waals surface area contributed by atoms with E-state index < -0.39 is 0 Å². The van der Waals surface area contributed by atoms with Crippen molar-refractivity contribution in [2.24, 2.45) is 0 Å². The van der Waals surface area contributed by atoms with Crippen LogP contribution in [0.3, 0.4) is 0 Å². The molecule has 0 unspecified atom stereocenters. The molecular weight excluding hydrogens is 248 g/mol. The van der Waals surface area contributed by atoms with Crippen molar-refractivity contribution in [2.45, 2.75) is 33.2 Å². The van der Waals surface area contributed by atoms with Gasteiger partial charge in [-0.25, -0.2) is 4.98 Å². The van der Waals surface area contributed by atoms with E-state index in [4.69, 9.17) is 4.98 Å². The third kappa shape index (κ3) is 4.46. The van der Waals surface area contributed by atoms with Crippen LogP contribution >= 0.6 is 0 Å². The van der Waals surface area contributed by atoms with E-state index in [9.17, 15) is 0 Å². The van der Waals surface area contributed by atoms with Gasteiger partial charge in [0.15, 0.2) is 0 Å². The largest absolute Gasteiger partial charge is 0.354 e. The molecule has 1 aliphatic rings. The summed E-state index contributed by atoms with van der Waals surface area (Å²) in [4.78, 5) is 9.74. The summed E-state index contributed by atoms with van der Waals surface area (Å²) in [6.07, 6.45) is 2.41. The smallest absolute Gasteiger partial charge is 0.128 e. The lowest BCUT2D eigenvalue weighted by Gasteiger charge is -2.35. The standard InChI is InChI=1S/C16H28N4/c1-3-8-17-14-15-6-5-7-16(18-15)20-12-10-19(9-4-2)11-13-20/h5-7,17H,3-4,8-14H2,1-2H3. The van der Waals surface area contributed by atoms with Crippen LogP contribution in [0, 0.1) is 0 Å². The minimum absolute atomic E-state index is 0.872. The molecule has 112 valence electrons. The highest BCUT2D eigenvalue weighted by Crippen LogP contribution is 2.14. The highest BCUT2D eigenvalue weighted by Gasteiger charge is 2.17. The molecule has 1 fully saturated rings. The molecule has 0 spiro atoms. The van der Waals surface area contributed by atoms with E-state index in [1.54, 1.807) is 0 Å². The molecule has 0 saturated carbocycles. The van der Waals surface area contributed by atoms with Crippen LogP contribution in [0.1, 0.15) is 32.4 Å². The molecular formula is C16H28N4. The summed E-state index contributed by atoms with van der Waals surface area (Å²) in [6, 6.07) is 6.38. The molecule has 20 heavy (non-hydrogen) atoms. The Morgan fingerprint density at radius 2 is 1.90 bits per heavy atom. The Labute approximate surface area is 123 Å². The van der Waals surface area contributed by atoms with Crippen LogP contribution in [0.25, 0.3) is 0 Å². The van der Waals surface area contributed by atoms with Gasteiger partial charge in [0.1, 0.15) is 5.82 Å². The molecule has 1 aromatic rings. The maximum absolute atomic E-state index is 4.78. The fourth-order valence-electron chi connectivity index (χ4n) is 2.65. The highest BCUT2D eigenvalue weighted by molar-refractivity contribution is 5.39. The summed E-state index contributed by atoms with van der Waals surface area (Å²) >= 11 is 0. The van der Waals surface area contributed by atoms with Crippen LogP contribution in [0.15, 0.2) is 18.2 Å². The van der Waals surface area contributed by atoms with Crippen molar-refractivity contribution in [1.82, 2.24) is 15.2 Å². The van der Waals surface area contributed by atoms with E-state index in [-0.39, 0.29) is 0 Å². The molecule has 0 amide bonds. The number of aromatic nitrogens is 1. The fraction of sp³-hybridized carbons (Fsp3) is 0.688. The van der Waals surface area contributed by atoms with Crippen LogP contribution < -0.4 is 10.2 Å². The summed E-state index contributed by atoms with van der Waals surface area (Å²) in [5.74, 6) is 1.14. The summed E-state index contributed by atoms with van der Waals surface area (Å²) in [5.41, 5.74) is 1.15. The van der Waals surface area contributed by atoms with Gasteiger partial charge in [-0.2, -0.15) is 0 Å². The number of nitrogens with zero attached hydrogens (tertiary/aromatic N) is 3. The molecule has 0 aromatic carbocycles. The maximum atomic E-state index is 4.78. The molecule has 0 atom stereocenters. The number of rotatable bonds is 7. The average molecular weight is 276 g/mol. The Morgan fingerprint density at radius 3 is 2.60 bits per heavy atom. The Bertz CT molecular complexity index is 386. The maximum Gasteiger partial charge on any atom is 0.128 e. The molecule has 0 bridgehead atoms. The van der Waals surface area contributed by atoms with Gasteiger partial charge in [0.25, 0.3) is 0 Å². The second-order valence-corrected chi connectivity index (χ2v) is 5.49. The van der Waals surface area contributed by atoms with Crippen molar-refractivity contribution in [3.05, 3.63) is 23.9 Å². The van der Waals surface area contributed by atoms with Crippen molar-refractivity contribution < 1.29 is 0 Å². The van der Waals surface area contributed by atoms with E-state index in [0.29, 0.717) is 0 Å². The van der Waals surface area contributed by atoms with E-state index in [1.165, 1.54) is 19.4 Å². The lowest BCUT2D eigenvalue weighted by molar-refractivity contribution is 0.258. The van der Waals surface area contributed by atoms with E-state index in [2.05, 4.69) is 47.2 Å². The molecule has 1 N–H and O–H groups in total. The molecule has 0 aliphatic carbocycles. The van der Waals surface area contributed by atoms with Crippen molar-refractivity contribution in [1.29, 1.82) is 0 Å². The first-order chi connectivity index (χ1) is 9.83. The quantitative estimate of drug-likeness (QED) is 0.773. The van der Waals surface area contributed by atoms with Gasteiger partial charge >= 0.3 is 0 Å². The predicted molar refractivity (Wildman–Crippen MR) is 85.2 cm³/mol. The zero-order valence-electron chi connectivity index (χ0n) is 12.9. The number of nitrogens with one attached hydrogen (secondary N) is 1. The number of hydrogen-bond acceptors (Lipinski definition) is 4. The zero-order valence-corrected chi connectivity index (χ0v) is 12.9. The van der Waals surface area contributed by atoms with E-state index in [0.717, 1.165) is 50.8 Å². The van der Waals surface area contributed by atoms with Gasteiger partial charge in [-0.3, -0.25) is 4.90 Å². The topological polar surface area (TPSA) is 31.4 Å². The first-order valence-electron chi connectivity index (χ1n) is 7.97. The van der Waals surface area contributed by atoms with Crippen molar-refractivity contribution >= 4 is 5.82 Å². The van der Waals surface area contributed by atoms with Crippen LogP contribution in [-0.4, -0.2) is 49.2 Å². The monoisotopic (exact) mass is 276 g/mol. The van der Waals surface area contributed by atoms with Crippen LogP contribution in [0.2, 0.25) is 0 Å². The highest BCUT2D eigenvalue weighted by atomic mass is 15.3. The molecule has 1 aliphatic heterocycles. The van der Waals surface area contributed by atoms with Gasteiger partial charge < -0.3 is 10.2 Å². The zero-order chi connectivity index (χ0) is 14.2. The van der Waals surface area contributed by atoms with Gasteiger partial charge in [0, 0.05) is 32.7 Å². The SMILES string of the molecule is CCCNCc1cccc(N2CCN(CCC)CC2)n1. The lowest BCUT2D eigenvalue weighted by atomic mass is 10.2. The number of hydrogen-bond donors (Lipinski definition) is 1. The average Bonchev–Trinajstić information content (AvgIpc) is 2.49. The second-order valence-electron chi connectivity index (χ2n) is 5.49. The van der Waals surface area contributed by atoms with Crippen molar-refractivity contribution in [2.75, 3.05) is 44.2 Å². The fourth-order valence-corrected chi connectivity index (χ4v) is 2.65. The number of piperazine rings is 1. The van der Waals surface area contributed by atoms with E-state index in [1.807, 2.05) is 0 Å². The van der Waals surface area contributed by atoms with Crippen LogP contribution in [0.5, 0.6) is 0 Å². The number of pyridine rings is 1. The molecule has 2 heterocycles. The molecule has 1 saturated heterocycles. The summed E-state index contributed by atoms with van der Waals surface area (Å²) < 4.78 is 0. The Morgan fingerprint density at radius 1 is 1.10 bits per heavy atom. The first-order valence-corrected chi connectivity index (χ1v) is 7.97. The van der Waals surface area contributed by atoms with Gasteiger partial charge in [0.2, 0.25) is 0 Å². The third-order valence-corrected chi connectivity index (χ3v) is 3.76. The van der Waals surface area contributed by atoms with Crippen LogP contribution in [0.4, 0.5) is 5.82 Å². The summed E-state index contributed by atoms with van der Waals surface area (Å²) in [7, 11) is 0. The van der Waals surface area contributed by atoms with Crippen molar-refractivity contribution in [3.63, 3.8) is 0 Å². The minimum Gasteiger partial charge on any atom is -0.354 e. The van der Waals surface area contributed by atoms with Gasteiger partial charge in [-0.1, -0.05) is 19.9 Å². The second kappa shape index (κ2) is 8.22. The Hall–Kier alpha value is -1.13. The van der Waals surface area contributed by atoms with Gasteiger partial charge in [-0.15, -0.1) is 0 Å². The van der Waals surface area contributed by atoms with Gasteiger partial charge in [0.05, 0.1) is 5.69 Å². The third-order valence-electron chi connectivity index (χ3n) is 3.76. The molecule has 1 aromatic heterocycles. The van der Waals surface area contributed by atoms with Crippen molar-refractivity contribution in [3.8, 4) is 0 Å². The molecule has 2 rings (SSSR count). The molecule has 4 nitrogen and oxygen atoms in total. The van der Waals surface area contributed by atoms with E-state index >= 15 is 0 Å². The lowest BCUT2D eigenvalue weighted by Crippen LogP contribution is -2.46.